The van der Waals surface area contributed by atoms with Crippen molar-refractivity contribution in [2.75, 3.05) is 12.0 Å². The van der Waals surface area contributed by atoms with E-state index in [4.69, 9.17) is 21.1 Å². The van der Waals surface area contributed by atoms with Crippen LogP contribution in [0, 0.1) is 10.1 Å². The van der Waals surface area contributed by atoms with Gasteiger partial charge in [-0.05, 0) is 48.9 Å². The lowest BCUT2D eigenvalue weighted by Crippen LogP contribution is -2.01. The van der Waals surface area contributed by atoms with Crippen molar-refractivity contribution in [3.63, 3.8) is 0 Å². The molecule has 0 unspecified atom stereocenters. The van der Waals surface area contributed by atoms with Gasteiger partial charge in [0.15, 0.2) is 11.5 Å². The molecule has 8 heteroatoms. The third kappa shape index (κ3) is 5.71. The van der Waals surface area contributed by atoms with Gasteiger partial charge in [-0.3, -0.25) is 15.5 Å². The van der Waals surface area contributed by atoms with Crippen LogP contribution in [0.4, 0.5) is 11.4 Å². The van der Waals surface area contributed by atoms with E-state index in [1.54, 1.807) is 18.3 Å². The number of hydrogen-bond donors (Lipinski definition) is 1. The maximum Gasteiger partial charge on any atom is 0.269 e. The molecule has 0 saturated heterocycles. The average molecular weight is 426 g/mol. The first-order valence-electron chi connectivity index (χ1n) is 9.23. The van der Waals surface area contributed by atoms with Crippen molar-refractivity contribution >= 4 is 29.2 Å². The first kappa shape index (κ1) is 21.1. The first-order valence-corrected chi connectivity index (χ1v) is 9.61. The van der Waals surface area contributed by atoms with E-state index in [2.05, 4.69) is 10.5 Å². The first-order chi connectivity index (χ1) is 14.6. The Bertz CT molecular complexity index is 1040. The zero-order valence-corrected chi connectivity index (χ0v) is 17.0. The van der Waals surface area contributed by atoms with Crippen molar-refractivity contribution in [1.29, 1.82) is 0 Å². The van der Waals surface area contributed by atoms with Gasteiger partial charge < -0.3 is 9.47 Å². The van der Waals surface area contributed by atoms with Gasteiger partial charge in [-0.2, -0.15) is 5.10 Å². The van der Waals surface area contributed by atoms with E-state index < -0.39 is 4.92 Å². The summed E-state index contributed by atoms with van der Waals surface area (Å²) < 4.78 is 11.6. The Morgan fingerprint density at radius 1 is 1.07 bits per heavy atom. The van der Waals surface area contributed by atoms with Gasteiger partial charge in [0, 0.05) is 22.7 Å². The summed E-state index contributed by atoms with van der Waals surface area (Å²) in [7, 11) is 0. The molecule has 0 bridgehead atoms. The molecule has 3 aromatic rings. The Hall–Kier alpha value is -3.58. The smallest absolute Gasteiger partial charge is 0.269 e. The molecule has 0 aliphatic rings. The number of nitro groups is 1. The van der Waals surface area contributed by atoms with Gasteiger partial charge in [0.25, 0.3) is 5.69 Å². The largest absolute Gasteiger partial charge is 0.490 e. The second-order valence-electron chi connectivity index (χ2n) is 6.19. The zero-order chi connectivity index (χ0) is 21.3. The summed E-state index contributed by atoms with van der Waals surface area (Å²) in [6.45, 7) is 2.72. The van der Waals surface area contributed by atoms with E-state index in [1.165, 1.54) is 12.1 Å². The van der Waals surface area contributed by atoms with Gasteiger partial charge >= 0.3 is 0 Å². The number of nitrogens with zero attached hydrogens (tertiary/aromatic N) is 2. The molecular weight excluding hydrogens is 406 g/mol. The SMILES string of the molecule is CCOc1cc(C=NNc2ccc([N+](=O)[O-])cc2)ccc1OCc1ccccc1Cl. The van der Waals surface area contributed by atoms with Crippen LogP contribution in [0.2, 0.25) is 5.02 Å². The molecule has 0 spiro atoms. The number of nitrogens with one attached hydrogen (secondary N) is 1. The highest BCUT2D eigenvalue weighted by Gasteiger charge is 2.08. The highest BCUT2D eigenvalue weighted by molar-refractivity contribution is 6.31. The molecule has 0 saturated carbocycles. The van der Waals surface area contributed by atoms with Gasteiger partial charge in [-0.15, -0.1) is 0 Å². The highest BCUT2D eigenvalue weighted by Crippen LogP contribution is 2.29. The second-order valence-corrected chi connectivity index (χ2v) is 6.60. The van der Waals surface area contributed by atoms with Crippen LogP contribution in [0.15, 0.2) is 71.8 Å². The summed E-state index contributed by atoms with van der Waals surface area (Å²) in [4.78, 5) is 10.2. The van der Waals surface area contributed by atoms with Crippen molar-refractivity contribution in [2.24, 2.45) is 5.10 Å². The van der Waals surface area contributed by atoms with Gasteiger partial charge in [0.05, 0.1) is 23.4 Å². The molecule has 0 amide bonds. The molecule has 7 nitrogen and oxygen atoms in total. The molecule has 30 heavy (non-hydrogen) atoms. The summed E-state index contributed by atoms with van der Waals surface area (Å²) in [5.41, 5.74) is 5.20. The third-order valence-electron chi connectivity index (χ3n) is 4.09. The molecule has 154 valence electrons. The van der Waals surface area contributed by atoms with Crippen LogP contribution in [-0.2, 0) is 6.61 Å². The number of nitro benzene ring substituents is 1. The lowest BCUT2D eigenvalue weighted by molar-refractivity contribution is -0.384. The fraction of sp³-hybridized carbons (Fsp3) is 0.136. The number of anilines is 1. The summed E-state index contributed by atoms with van der Waals surface area (Å²) in [6, 6.07) is 19.0. The molecule has 0 radical (unpaired) electrons. The van der Waals surface area contributed by atoms with Crippen molar-refractivity contribution in [1.82, 2.24) is 0 Å². The van der Waals surface area contributed by atoms with Crippen LogP contribution in [-0.4, -0.2) is 17.7 Å². The van der Waals surface area contributed by atoms with E-state index in [0.717, 1.165) is 11.1 Å². The van der Waals surface area contributed by atoms with Gasteiger partial charge in [-0.1, -0.05) is 29.8 Å². The standard InChI is InChI=1S/C22H20ClN3O4/c1-2-29-22-13-16(14-24-25-18-8-10-19(11-9-18)26(27)28)7-12-21(22)30-15-17-5-3-4-6-20(17)23/h3-14,25H,2,15H2,1H3. The lowest BCUT2D eigenvalue weighted by Gasteiger charge is -2.13. The zero-order valence-electron chi connectivity index (χ0n) is 16.2. The van der Waals surface area contributed by atoms with E-state index in [0.29, 0.717) is 35.4 Å². The minimum atomic E-state index is -0.447. The number of hydrogen-bond acceptors (Lipinski definition) is 6. The highest BCUT2D eigenvalue weighted by atomic mass is 35.5. The van der Waals surface area contributed by atoms with Crippen LogP contribution >= 0.6 is 11.6 Å². The van der Waals surface area contributed by atoms with Crippen LogP contribution in [0.5, 0.6) is 11.5 Å². The summed E-state index contributed by atoms with van der Waals surface area (Å²) in [6.07, 6.45) is 1.63. The van der Waals surface area contributed by atoms with Crippen LogP contribution in [0.3, 0.4) is 0 Å². The fourth-order valence-electron chi connectivity index (χ4n) is 2.60. The quantitative estimate of drug-likeness (QED) is 0.271. The van der Waals surface area contributed by atoms with Crippen molar-refractivity contribution in [2.45, 2.75) is 13.5 Å². The fourth-order valence-corrected chi connectivity index (χ4v) is 2.79. The predicted octanol–water partition coefficient (Wildman–Crippen LogP) is 5.67. The normalized spacial score (nSPS) is 10.7. The molecule has 0 heterocycles. The average Bonchev–Trinajstić information content (AvgIpc) is 2.75. The second kappa shape index (κ2) is 10.3. The molecule has 0 fully saturated rings. The molecule has 0 aliphatic carbocycles. The molecule has 3 aromatic carbocycles. The van der Waals surface area contributed by atoms with Gasteiger partial charge in [0.2, 0.25) is 0 Å². The number of hydrazone groups is 1. The Kier molecular flexibility index (Phi) is 7.24. The summed E-state index contributed by atoms with van der Waals surface area (Å²) in [5.74, 6) is 1.21. The molecule has 3 rings (SSSR count). The van der Waals surface area contributed by atoms with Crippen molar-refractivity contribution < 1.29 is 14.4 Å². The van der Waals surface area contributed by atoms with Crippen molar-refractivity contribution in [3.8, 4) is 11.5 Å². The number of halogens is 1. The monoisotopic (exact) mass is 425 g/mol. The lowest BCUT2D eigenvalue weighted by atomic mass is 10.2. The Morgan fingerprint density at radius 2 is 1.83 bits per heavy atom. The van der Waals surface area contributed by atoms with Gasteiger partial charge in [-0.25, -0.2) is 0 Å². The number of non-ortho nitro benzene ring substituents is 1. The summed E-state index contributed by atoms with van der Waals surface area (Å²) in [5, 5.41) is 15.5. The molecule has 0 aliphatic heterocycles. The third-order valence-corrected chi connectivity index (χ3v) is 4.46. The topological polar surface area (TPSA) is 86.0 Å². The van der Waals surface area contributed by atoms with E-state index in [1.807, 2.05) is 49.4 Å². The number of ether oxygens (including phenoxy) is 2. The van der Waals surface area contributed by atoms with Crippen LogP contribution in [0.25, 0.3) is 0 Å². The minimum absolute atomic E-state index is 0.0262. The maximum atomic E-state index is 10.7. The van der Waals surface area contributed by atoms with Crippen molar-refractivity contribution in [3.05, 3.63) is 93.0 Å². The van der Waals surface area contributed by atoms with Crippen LogP contribution in [0.1, 0.15) is 18.1 Å². The minimum Gasteiger partial charge on any atom is -0.490 e. The van der Waals surface area contributed by atoms with E-state index >= 15 is 0 Å². The number of benzene rings is 3. The van der Waals surface area contributed by atoms with E-state index in [-0.39, 0.29) is 5.69 Å². The Morgan fingerprint density at radius 3 is 2.53 bits per heavy atom. The number of rotatable bonds is 9. The van der Waals surface area contributed by atoms with Gasteiger partial charge in [0.1, 0.15) is 6.61 Å². The van der Waals surface area contributed by atoms with Crippen LogP contribution < -0.4 is 14.9 Å². The molecule has 1 N–H and O–H groups in total. The van der Waals surface area contributed by atoms with E-state index in [9.17, 15) is 10.1 Å². The maximum absolute atomic E-state index is 10.7. The molecule has 0 aromatic heterocycles. The Labute approximate surface area is 179 Å². The summed E-state index contributed by atoms with van der Waals surface area (Å²) >= 11 is 6.18. The molecular formula is C22H20ClN3O4. The molecule has 0 atom stereocenters. The predicted molar refractivity (Wildman–Crippen MR) is 118 cm³/mol. The Balaban J connectivity index is 1.67.